The Kier molecular flexibility index (Phi) is 6.08. The van der Waals surface area contributed by atoms with Gasteiger partial charge in [-0.1, -0.05) is 53.5 Å². The first-order valence-corrected chi connectivity index (χ1v) is 10.3. The van der Waals surface area contributed by atoms with Crippen LogP contribution in [-0.4, -0.2) is 30.9 Å². The van der Waals surface area contributed by atoms with E-state index in [1.165, 1.54) is 19.2 Å². The zero-order valence-electron chi connectivity index (χ0n) is 17.2. The zero-order chi connectivity index (χ0) is 22.8. The van der Waals surface area contributed by atoms with Crippen molar-refractivity contribution in [1.29, 1.82) is 0 Å². The van der Waals surface area contributed by atoms with Crippen molar-refractivity contribution >= 4 is 46.6 Å². The van der Waals surface area contributed by atoms with E-state index in [1.54, 1.807) is 36.4 Å². The molecule has 3 aromatic carbocycles. The first-order chi connectivity index (χ1) is 15.4. The maximum atomic E-state index is 13.4. The van der Waals surface area contributed by atoms with E-state index in [0.29, 0.717) is 32.6 Å². The summed E-state index contributed by atoms with van der Waals surface area (Å²) in [6.07, 6.45) is 1.68. The lowest BCUT2D eigenvalue weighted by molar-refractivity contribution is -0.114. The maximum Gasteiger partial charge on any atom is 0.281 e. The Hall–Kier alpha value is -3.48. The highest BCUT2D eigenvalue weighted by Crippen LogP contribution is 2.38. The van der Waals surface area contributed by atoms with E-state index >= 15 is 0 Å². The van der Waals surface area contributed by atoms with Crippen LogP contribution < -0.4 is 14.5 Å². The number of aromatic hydroxyl groups is 1. The highest BCUT2D eigenvalue weighted by Gasteiger charge is 2.32. The number of phenols is 1. The molecule has 32 heavy (non-hydrogen) atoms. The van der Waals surface area contributed by atoms with Crippen molar-refractivity contribution < 1.29 is 19.4 Å². The number of hydrogen-bond acceptors (Lipinski definition) is 5. The normalized spacial score (nSPS) is 14.6. The molecule has 0 spiro atoms. The second-order valence-corrected chi connectivity index (χ2v) is 7.68. The van der Waals surface area contributed by atoms with Crippen molar-refractivity contribution in [2.45, 2.75) is 0 Å². The van der Waals surface area contributed by atoms with Gasteiger partial charge in [-0.3, -0.25) is 4.79 Å². The van der Waals surface area contributed by atoms with Crippen molar-refractivity contribution in [1.82, 2.24) is 0 Å². The molecule has 0 saturated carbocycles. The summed E-state index contributed by atoms with van der Waals surface area (Å²) in [5.74, 6) is -0.0140. The third-order valence-electron chi connectivity index (χ3n) is 4.89. The molecule has 8 heteroatoms. The molecular formula is C24H18Cl2N2O4. The van der Waals surface area contributed by atoms with Crippen LogP contribution in [0.4, 0.5) is 5.69 Å². The summed E-state index contributed by atoms with van der Waals surface area (Å²) < 4.78 is 10.5. The van der Waals surface area contributed by atoms with Gasteiger partial charge in [0.25, 0.3) is 5.91 Å². The zero-order valence-corrected chi connectivity index (χ0v) is 18.7. The second kappa shape index (κ2) is 8.94. The molecule has 3 aromatic rings. The van der Waals surface area contributed by atoms with Gasteiger partial charge < -0.3 is 14.6 Å². The van der Waals surface area contributed by atoms with Gasteiger partial charge in [0.05, 0.1) is 35.5 Å². The van der Waals surface area contributed by atoms with E-state index < -0.39 is 0 Å². The Bertz CT molecular complexity index is 1230. The number of methoxy groups -OCH3 is 2. The molecule has 1 aliphatic heterocycles. The van der Waals surface area contributed by atoms with Crippen LogP contribution in [0.5, 0.6) is 17.2 Å². The molecule has 0 aromatic heterocycles. The molecule has 6 nitrogen and oxygen atoms in total. The van der Waals surface area contributed by atoms with Crippen molar-refractivity contribution in [3.8, 4) is 17.2 Å². The summed E-state index contributed by atoms with van der Waals surface area (Å²) in [5.41, 5.74) is 2.71. The Balaban J connectivity index is 1.86. The van der Waals surface area contributed by atoms with E-state index in [2.05, 4.69) is 5.10 Å². The minimum atomic E-state index is -0.340. The SMILES string of the molecule is COc1cc(C=C2C(=O)N(c3ccc(Cl)c(Cl)c3)N=C2c2ccccc2)cc(OC)c1O. The number of hydrazone groups is 1. The maximum absolute atomic E-state index is 13.4. The van der Waals surface area contributed by atoms with Crippen LogP contribution in [0.15, 0.2) is 71.3 Å². The fourth-order valence-corrected chi connectivity index (χ4v) is 3.60. The minimum absolute atomic E-state index is 0.121. The van der Waals surface area contributed by atoms with Crippen molar-refractivity contribution in [2.24, 2.45) is 5.10 Å². The molecule has 1 amide bonds. The third-order valence-corrected chi connectivity index (χ3v) is 5.63. The molecule has 1 heterocycles. The number of halogens is 2. The Morgan fingerprint density at radius 1 is 0.938 bits per heavy atom. The summed E-state index contributed by atoms with van der Waals surface area (Å²) in [7, 11) is 2.88. The molecule has 0 fully saturated rings. The standard InChI is InChI=1S/C24H18Cl2N2O4/c1-31-20-11-14(12-21(32-2)23(20)29)10-17-22(15-6-4-3-5-7-15)27-28(24(17)30)16-8-9-18(25)19(26)13-16/h3-13,29H,1-2H3. The van der Waals surface area contributed by atoms with Crippen LogP contribution in [0.25, 0.3) is 6.08 Å². The van der Waals surface area contributed by atoms with Crippen LogP contribution >= 0.6 is 23.2 Å². The number of phenolic OH excluding ortho intramolecular Hbond substituents is 1. The first-order valence-electron chi connectivity index (χ1n) is 9.53. The highest BCUT2D eigenvalue weighted by atomic mass is 35.5. The predicted octanol–water partition coefficient (Wildman–Crippen LogP) is 5.55. The monoisotopic (exact) mass is 468 g/mol. The fourth-order valence-electron chi connectivity index (χ4n) is 3.31. The van der Waals surface area contributed by atoms with Gasteiger partial charge in [-0.05, 0) is 42.0 Å². The number of ether oxygens (including phenoxy) is 2. The molecule has 1 aliphatic rings. The smallest absolute Gasteiger partial charge is 0.281 e. The number of carbonyl (C=O) groups excluding carboxylic acids is 1. The topological polar surface area (TPSA) is 71.4 Å². The molecule has 162 valence electrons. The Labute approximate surface area is 194 Å². The third kappa shape index (κ3) is 4.02. The largest absolute Gasteiger partial charge is 0.502 e. The molecule has 0 aliphatic carbocycles. The summed E-state index contributed by atoms with van der Waals surface area (Å²) in [6.45, 7) is 0. The van der Waals surface area contributed by atoms with E-state index in [1.807, 2.05) is 30.3 Å². The highest BCUT2D eigenvalue weighted by molar-refractivity contribution is 6.42. The Morgan fingerprint density at radius 3 is 2.19 bits per heavy atom. The van der Waals surface area contributed by atoms with Gasteiger partial charge in [0.15, 0.2) is 11.5 Å². The molecule has 1 N–H and O–H groups in total. The van der Waals surface area contributed by atoms with Crippen LogP contribution in [0, 0.1) is 0 Å². The predicted molar refractivity (Wildman–Crippen MR) is 126 cm³/mol. The van der Waals surface area contributed by atoms with Crippen molar-refractivity contribution in [3.63, 3.8) is 0 Å². The van der Waals surface area contributed by atoms with E-state index in [9.17, 15) is 9.90 Å². The molecule has 0 atom stereocenters. The molecule has 0 unspecified atom stereocenters. The Morgan fingerprint density at radius 2 is 1.59 bits per heavy atom. The number of anilines is 1. The van der Waals surface area contributed by atoms with Crippen LogP contribution in [0.1, 0.15) is 11.1 Å². The van der Waals surface area contributed by atoms with Crippen LogP contribution in [0.2, 0.25) is 10.0 Å². The quantitative estimate of drug-likeness (QED) is 0.498. The van der Waals surface area contributed by atoms with Gasteiger partial charge >= 0.3 is 0 Å². The molecule has 0 saturated heterocycles. The van der Waals surface area contributed by atoms with Crippen LogP contribution in [0.3, 0.4) is 0 Å². The molecule has 0 bridgehead atoms. The molecular weight excluding hydrogens is 451 g/mol. The fraction of sp³-hybridized carbons (Fsp3) is 0.0833. The van der Waals surface area contributed by atoms with Crippen molar-refractivity contribution in [2.75, 3.05) is 19.2 Å². The summed E-state index contributed by atoms with van der Waals surface area (Å²) in [5, 5.41) is 16.8. The number of nitrogens with zero attached hydrogens (tertiary/aromatic N) is 2. The average molecular weight is 469 g/mol. The van der Waals surface area contributed by atoms with Gasteiger partial charge in [0.2, 0.25) is 5.75 Å². The number of carbonyl (C=O) groups is 1. The van der Waals surface area contributed by atoms with E-state index in [4.69, 9.17) is 32.7 Å². The van der Waals surface area contributed by atoms with E-state index in [0.717, 1.165) is 5.56 Å². The molecule has 4 rings (SSSR count). The van der Waals surface area contributed by atoms with E-state index in [-0.39, 0.29) is 23.2 Å². The summed E-state index contributed by atoms with van der Waals surface area (Å²) >= 11 is 12.2. The van der Waals surface area contributed by atoms with Gasteiger partial charge in [-0.2, -0.15) is 10.1 Å². The summed E-state index contributed by atoms with van der Waals surface area (Å²) in [4.78, 5) is 13.4. The average Bonchev–Trinajstić information content (AvgIpc) is 3.13. The lowest BCUT2D eigenvalue weighted by Gasteiger charge is -2.12. The number of amides is 1. The lowest BCUT2D eigenvalue weighted by atomic mass is 10.00. The van der Waals surface area contributed by atoms with Gasteiger partial charge in [-0.25, -0.2) is 0 Å². The lowest BCUT2D eigenvalue weighted by Crippen LogP contribution is -2.21. The van der Waals surface area contributed by atoms with Gasteiger partial charge in [0.1, 0.15) is 5.71 Å². The van der Waals surface area contributed by atoms with Gasteiger partial charge in [0, 0.05) is 5.56 Å². The first kappa shape index (κ1) is 21.7. The number of rotatable bonds is 5. The van der Waals surface area contributed by atoms with Crippen LogP contribution in [-0.2, 0) is 4.79 Å². The van der Waals surface area contributed by atoms with Crippen molar-refractivity contribution in [3.05, 3.63) is 87.4 Å². The second-order valence-electron chi connectivity index (χ2n) is 6.86. The molecule has 0 radical (unpaired) electrons. The number of hydrogen-bond donors (Lipinski definition) is 1. The minimum Gasteiger partial charge on any atom is -0.502 e. The van der Waals surface area contributed by atoms with Gasteiger partial charge in [-0.15, -0.1) is 0 Å². The summed E-state index contributed by atoms with van der Waals surface area (Å²) in [6, 6.07) is 17.5. The number of benzene rings is 3.